The molecule has 1 saturated heterocycles. The summed E-state index contributed by atoms with van der Waals surface area (Å²) in [6.45, 7) is 0.390. The quantitative estimate of drug-likeness (QED) is 0.874. The Morgan fingerprint density at radius 3 is 3.00 bits per heavy atom. The molecule has 1 aromatic heterocycles. The molecule has 5 nitrogen and oxygen atoms in total. The van der Waals surface area contributed by atoms with E-state index in [2.05, 4.69) is 5.32 Å². The summed E-state index contributed by atoms with van der Waals surface area (Å²) in [5.41, 5.74) is -0.458. The van der Waals surface area contributed by atoms with Crippen LogP contribution >= 0.6 is 11.8 Å². The fourth-order valence-corrected chi connectivity index (χ4v) is 3.91. The Kier molecular flexibility index (Phi) is 4.22. The van der Waals surface area contributed by atoms with Crippen LogP contribution in [0.2, 0.25) is 0 Å². The van der Waals surface area contributed by atoms with Crippen LogP contribution in [0.1, 0.15) is 16.8 Å². The van der Waals surface area contributed by atoms with Gasteiger partial charge in [-0.2, -0.15) is 11.8 Å². The first-order valence-electron chi connectivity index (χ1n) is 7.08. The van der Waals surface area contributed by atoms with Crippen molar-refractivity contribution in [1.82, 2.24) is 5.32 Å². The van der Waals surface area contributed by atoms with Crippen molar-refractivity contribution < 1.29 is 13.9 Å². The van der Waals surface area contributed by atoms with Crippen molar-refractivity contribution in [2.45, 2.75) is 12.0 Å². The fourth-order valence-electron chi connectivity index (χ4n) is 2.52. The summed E-state index contributed by atoms with van der Waals surface area (Å²) in [6, 6.07) is 8.69. The van der Waals surface area contributed by atoms with E-state index in [-0.39, 0.29) is 11.2 Å². The molecule has 0 radical (unpaired) electrons. The molecule has 1 aliphatic heterocycles. The van der Waals surface area contributed by atoms with E-state index in [1.54, 1.807) is 43.1 Å². The number of ether oxygens (including phenoxy) is 1. The normalized spacial score (nSPS) is 21.1. The first kappa shape index (κ1) is 15.1. The molecule has 3 rings (SSSR count). The molecule has 1 atom stereocenters. The van der Waals surface area contributed by atoms with Crippen molar-refractivity contribution in [3.63, 3.8) is 0 Å². The molecule has 1 amide bonds. The maximum absolute atomic E-state index is 12.3. The summed E-state index contributed by atoms with van der Waals surface area (Å²) < 4.78 is 10.7. The van der Waals surface area contributed by atoms with E-state index in [1.165, 1.54) is 0 Å². The van der Waals surface area contributed by atoms with Crippen molar-refractivity contribution in [2.75, 3.05) is 25.2 Å². The number of benzene rings is 1. The third-order valence-corrected chi connectivity index (χ3v) is 5.18. The predicted octanol–water partition coefficient (Wildman–Crippen LogP) is 2.04. The van der Waals surface area contributed by atoms with Crippen LogP contribution in [-0.4, -0.2) is 36.7 Å². The highest BCUT2D eigenvalue weighted by atomic mass is 32.2. The van der Waals surface area contributed by atoms with Gasteiger partial charge in [0.05, 0.1) is 5.60 Å². The van der Waals surface area contributed by atoms with Crippen LogP contribution in [0.25, 0.3) is 11.0 Å². The van der Waals surface area contributed by atoms with E-state index >= 15 is 0 Å². The van der Waals surface area contributed by atoms with Gasteiger partial charge in [-0.25, -0.2) is 4.79 Å². The molecular weight excluding hydrogens is 302 g/mol. The number of hydrogen-bond acceptors (Lipinski definition) is 5. The minimum absolute atomic E-state index is 0.0237. The van der Waals surface area contributed by atoms with Gasteiger partial charge in [0.1, 0.15) is 11.1 Å². The molecule has 2 heterocycles. The number of thioether (sulfide) groups is 1. The lowest BCUT2D eigenvalue weighted by atomic mass is 10.0. The average Bonchev–Trinajstić information content (AvgIpc) is 3.01. The molecule has 116 valence electrons. The van der Waals surface area contributed by atoms with Gasteiger partial charge < -0.3 is 14.5 Å². The minimum atomic E-state index is -0.622. The lowest BCUT2D eigenvalue weighted by molar-refractivity contribution is 0.0137. The Labute approximate surface area is 132 Å². The van der Waals surface area contributed by atoms with Crippen LogP contribution in [0.3, 0.4) is 0 Å². The molecular formula is C16H17NO4S. The van der Waals surface area contributed by atoms with Gasteiger partial charge in [-0.05, 0) is 24.3 Å². The highest BCUT2D eigenvalue weighted by Crippen LogP contribution is 2.30. The van der Waals surface area contributed by atoms with E-state index in [4.69, 9.17) is 9.15 Å². The van der Waals surface area contributed by atoms with Gasteiger partial charge in [0.25, 0.3) is 5.91 Å². The third kappa shape index (κ3) is 2.89. The predicted molar refractivity (Wildman–Crippen MR) is 86.5 cm³/mol. The second kappa shape index (κ2) is 6.14. The van der Waals surface area contributed by atoms with Crippen LogP contribution < -0.4 is 10.9 Å². The Morgan fingerprint density at radius 1 is 1.45 bits per heavy atom. The Bertz CT molecular complexity index is 749. The summed E-state index contributed by atoms with van der Waals surface area (Å²) in [5.74, 6) is 1.44. The summed E-state index contributed by atoms with van der Waals surface area (Å²) in [5, 5.41) is 3.53. The number of hydrogen-bond donors (Lipinski definition) is 1. The zero-order valence-electron chi connectivity index (χ0n) is 12.3. The molecule has 2 aromatic rings. The zero-order valence-corrected chi connectivity index (χ0v) is 13.1. The van der Waals surface area contributed by atoms with Crippen LogP contribution in [0.4, 0.5) is 0 Å². The van der Waals surface area contributed by atoms with Crippen molar-refractivity contribution in [3.05, 3.63) is 46.3 Å². The number of amides is 1. The van der Waals surface area contributed by atoms with Crippen LogP contribution in [0.15, 0.2) is 39.5 Å². The van der Waals surface area contributed by atoms with E-state index in [1.807, 2.05) is 6.07 Å². The van der Waals surface area contributed by atoms with Gasteiger partial charge >= 0.3 is 5.63 Å². The third-order valence-electron chi connectivity index (χ3n) is 3.96. The van der Waals surface area contributed by atoms with E-state index in [9.17, 15) is 9.59 Å². The Hall–Kier alpha value is -1.79. The Balaban J connectivity index is 1.80. The second-order valence-corrected chi connectivity index (χ2v) is 6.46. The van der Waals surface area contributed by atoms with E-state index in [0.717, 1.165) is 23.3 Å². The summed E-state index contributed by atoms with van der Waals surface area (Å²) in [6.07, 6.45) is 0.890. The lowest BCUT2D eigenvalue weighted by Crippen LogP contribution is -2.45. The van der Waals surface area contributed by atoms with Crippen LogP contribution in [0, 0.1) is 0 Å². The maximum atomic E-state index is 12.3. The number of methoxy groups -OCH3 is 1. The SMILES string of the molecule is CO[C@@]1(CNC(=O)c2cc3ccccc3oc2=O)CCSC1. The van der Waals surface area contributed by atoms with Crippen molar-refractivity contribution in [1.29, 1.82) is 0 Å². The van der Waals surface area contributed by atoms with Crippen LogP contribution in [-0.2, 0) is 4.74 Å². The summed E-state index contributed by atoms with van der Waals surface area (Å²) >= 11 is 1.80. The van der Waals surface area contributed by atoms with E-state index < -0.39 is 11.5 Å². The van der Waals surface area contributed by atoms with Gasteiger partial charge in [-0.3, -0.25) is 4.79 Å². The van der Waals surface area contributed by atoms with Crippen molar-refractivity contribution >= 4 is 28.6 Å². The number of nitrogens with one attached hydrogen (secondary N) is 1. The summed E-state index contributed by atoms with van der Waals surface area (Å²) in [4.78, 5) is 24.2. The Morgan fingerprint density at radius 2 is 2.27 bits per heavy atom. The highest BCUT2D eigenvalue weighted by Gasteiger charge is 2.34. The zero-order chi connectivity index (χ0) is 15.6. The molecule has 0 saturated carbocycles. The number of rotatable bonds is 4. The molecule has 0 bridgehead atoms. The minimum Gasteiger partial charge on any atom is -0.422 e. The maximum Gasteiger partial charge on any atom is 0.349 e. The van der Waals surface area contributed by atoms with Crippen LogP contribution in [0.5, 0.6) is 0 Å². The van der Waals surface area contributed by atoms with Crippen molar-refractivity contribution in [2.24, 2.45) is 0 Å². The van der Waals surface area contributed by atoms with Crippen molar-refractivity contribution in [3.8, 4) is 0 Å². The first-order chi connectivity index (χ1) is 10.6. The number of carbonyl (C=O) groups is 1. The lowest BCUT2D eigenvalue weighted by Gasteiger charge is -2.26. The largest absolute Gasteiger partial charge is 0.422 e. The highest BCUT2D eigenvalue weighted by molar-refractivity contribution is 7.99. The van der Waals surface area contributed by atoms with Gasteiger partial charge in [0.15, 0.2) is 0 Å². The summed E-state index contributed by atoms with van der Waals surface area (Å²) in [7, 11) is 1.66. The molecule has 0 aliphatic carbocycles. The molecule has 22 heavy (non-hydrogen) atoms. The average molecular weight is 319 g/mol. The number of carbonyl (C=O) groups excluding carboxylic acids is 1. The van der Waals surface area contributed by atoms with Gasteiger partial charge in [-0.15, -0.1) is 0 Å². The van der Waals surface area contributed by atoms with Gasteiger partial charge in [-0.1, -0.05) is 18.2 Å². The second-order valence-electron chi connectivity index (χ2n) is 5.36. The monoisotopic (exact) mass is 319 g/mol. The smallest absolute Gasteiger partial charge is 0.349 e. The molecule has 1 N–H and O–H groups in total. The van der Waals surface area contributed by atoms with E-state index in [0.29, 0.717) is 12.1 Å². The molecule has 1 aliphatic rings. The topological polar surface area (TPSA) is 68.5 Å². The van der Waals surface area contributed by atoms with Gasteiger partial charge in [0, 0.05) is 24.8 Å². The fraction of sp³-hybridized carbons (Fsp3) is 0.375. The standard InChI is InChI=1S/C16H17NO4S/c1-20-16(6-7-22-10-16)9-17-14(18)12-8-11-4-2-3-5-13(11)21-15(12)19/h2-5,8H,6-7,9-10H2,1H3,(H,17,18)/t16-/m1/s1. The molecule has 6 heteroatoms. The molecule has 0 spiro atoms. The molecule has 1 fully saturated rings. The first-order valence-corrected chi connectivity index (χ1v) is 8.23. The number of fused-ring (bicyclic) bond motifs is 1. The molecule has 0 unspecified atom stereocenters. The number of para-hydroxylation sites is 1. The molecule has 1 aromatic carbocycles. The van der Waals surface area contributed by atoms with Gasteiger partial charge in [0.2, 0.25) is 0 Å².